The Hall–Kier alpha value is -2.64. The molecule has 3 rings (SSSR count). The van der Waals surface area contributed by atoms with Crippen molar-refractivity contribution in [2.45, 2.75) is 39.0 Å². The van der Waals surface area contributed by atoms with Crippen molar-refractivity contribution >= 4 is 17.7 Å². The molecule has 2 heterocycles. The standard InChI is InChI=1S/C19H18F3NO4/c1-9(2)27-18(25)14-10(3)23-13-8-26-17(24)16(13)15(14)11-6-4-5-7-12(11)19(20,21)22/h4-7,9,14-15H,8H2,1-3H3. The van der Waals surface area contributed by atoms with Gasteiger partial charge < -0.3 is 9.47 Å². The van der Waals surface area contributed by atoms with Crippen molar-refractivity contribution < 1.29 is 32.2 Å². The molecule has 5 nitrogen and oxygen atoms in total. The minimum Gasteiger partial charge on any atom is -0.462 e. The van der Waals surface area contributed by atoms with E-state index in [9.17, 15) is 22.8 Å². The SMILES string of the molecule is CC1=NC2=C(C(=O)OC2)C(c2ccccc2C(F)(F)F)C1C(=O)OC(C)C. The molecule has 1 aromatic rings. The zero-order valence-electron chi connectivity index (χ0n) is 15.0. The molecule has 27 heavy (non-hydrogen) atoms. The molecule has 0 aromatic heterocycles. The molecule has 2 aliphatic heterocycles. The molecule has 0 saturated carbocycles. The Bertz CT molecular complexity index is 855. The number of hydrogen-bond donors (Lipinski definition) is 0. The number of alkyl halides is 3. The normalized spacial score (nSPS) is 22.5. The van der Waals surface area contributed by atoms with Crippen LogP contribution in [-0.4, -0.2) is 30.4 Å². The van der Waals surface area contributed by atoms with Crippen molar-refractivity contribution in [2.75, 3.05) is 6.61 Å². The average molecular weight is 381 g/mol. The Labute approximate surface area is 153 Å². The molecule has 0 amide bonds. The van der Waals surface area contributed by atoms with Gasteiger partial charge in [0.1, 0.15) is 12.5 Å². The minimum absolute atomic E-state index is 0.0111. The zero-order chi connectivity index (χ0) is 19.9. The second kappa shape index (κ2) is 6.83. The average Bonchev–Trinajstić information content (AvgIpc) is 2.92. The fourth-order valence-electron chi connectivity index (χ4n) is 3.47. The van der Waals surface area contributed by atoms with Gasteiger partial charge in [-0.3, -0.25) is 9.79 Å². The quantitative estimate of drug-likeness (QED) is 0.750. The van der Waals surface area contributed by atoms with E-state index in [-0.39, 0.29) is 23.4 Å². The van der Waals surface area contributed by atoms with Crippen molar-refractivity contribution in [3.05, 3.63) is 46.7 Å². The first-order valence-corrected chi connectivity index (χ1v) is 8.43. The van der Waals surface area contributed by atoms with Crippen molar-refractivity contribution in [3.8, 4) is 0 Å². The van der Waals surface area contributed by atoms with Gasteiger partial charge in [-0.05, 0) is 32.4 Å². The van der Waals surface area contributed by atoms with Crippen LogP contribution in [0.25, 0.3) is 0 Å². The van der Waals surface area contributed by atoms with E-state index in [1.54, 1.807) is 20.8 Å². The van der Waals surface area contributed by atoms with Gasteiger partial charge in [0.05, 0.1) is 22.9 Å². The first-order valence-electron chi connectivity index (χ1n) is 8.43. The van der Waals surface area contributed by atoms with Gasteiger partial charge in [0.25, 0.3) is 0 Å². The molecular weight excluding hydrogens is 363 g/mol. The lowest BCUT2D eigenvalue weighted by Gasteiger charge is -2.31. The smallest absolute Gasteiger partial charge is 0.416 e. The third-order valence-electron chi connectivity index (χ3n) is 4.48. The van der Waals surface area contributed by atoms with Crippen LogP contribution in [-0.2, 0) is 25.2 Å². The molecular formula is C19H18F3NO4. The van der Waals surface area contributed by atoms with Gasteiger partial charge in [-0.1, -0.05) is 18.2 Å². The minimum atomic E-state index is -4.64. The topological polar surface area (TPSA) is 65.0 Å². The van der Waals surface area contributed by atoms with E-state index in [0.717, 1.165) is 6.07 Å². The summed E-state index contributed by atoms with van der Waals surface area (Å²) in [5.41, 5.74) is -0.536. The molecule has 144 valence electrons. The van der Waals surface area contributed by atoms with Gasteiger partial charge in [0.2, 0.25) is 0 Å². The second-order valence-corrected chi connectivity index (χ2v) is 6.72. The Morgan fingerprint density at radius 3 is 2.59 bits per heavy atom. The number of ether oxygens (including phenoxy) is 2. The van der Waals surface area contributed by atoms with E-state index in [2.05, 4.69) is 4.99 Å². The molecule has 0 bridgehead atoms. The van der Waals surface area contributed by atoms with Gasteiger partial charge >= 0.3 is 18.1 Å². The number of nitrogens with zero attached hydrogens (tertiary/aromatic N) is 1. The van der Waals surface area contributed by atoms with E-state index in [4.69, 9.17) is 9.47 Å². The number of cyclic esters (lactones) is 1. The van der Waals surface area contributed by atoms with Crippen molar-refractivity contribution in [2.24, 2.45) is 10.9 Å². The lowest BCUT2D eigenvalue weighted by Crippen LogP contribution is -2.37. The number of benzene rings is 1. The maximum atomic E-state index is 13.6. The monoisotopic (exact) mass is 381 g/mol. The van der Waals surface area contributed by atoms with E-state index in [1.165, 1.54) is 18.2 Å². The summed E-state index contributed by atoms with van der Waals surface area (Å²) in [6.07, 6.45) is -5.11. The van der Waals surface area contributed by atoms with Gasteiger partial charge in [-0.25, -0.2) is 4.79 Å². The van der Waals surface area contributed by atoms with Crippen LogP contribution in [0.4, 0.5) is 13.2 Å². The lowest BCUT2D eigenvalue weighted by atomic mass is 9.74. The molecule has 2 atom stereocenters. The molecule has 0 fully saturated rings. The molecule has 0 spiro atoms. The predicted octanol–water partition coefficient (Wildman–Crippen LogP) is 3.64. The molecule has 0 saturated heterocycles. The van der Waals surface area contributed by atoms with Crippen LogP contribution in [0.1, 0.15) is 37.8 Å². The first kappa shape index (κ1) is 19.1. The summed E-state index contributed by atoms with van der Waals surface area (Å²) in [5, 5.41) is 0. The number of esters is 2. The summed E-state index contributed by atoms with van der Waals surface area (Å²) < 4.78 is 51.0. The fraction of sp³-hybridized carbons (Fsp3) is 0.421. The van der Waals surface area contributed by atoms with Crippen molar-refractivity contribution in [1.82, 2.24) is 0 Å². The third-order valence-corrected chi connectivity index (χ3v) is 4.48. The number of halogens is 3. The van der Waals surface area contributed by atoms with Gasteiger partial charge in [-0.2, -0.15) is 13.2 Å². The highest BCUT2D eigenvalue weighted by Gasteiger charge is 2.48. The zero-order valence-corrected chi connectivity index (χ0v) is 15.0. The van der Waals surface area contributed by atoms with E-state index >= 15 is 0 Å². The van der Waals surface area contributed by atoms with E-state index in [0.29, 0.717) is 5.71 Å². The Kier molecular flexibility index (Phi) is 4.84. The molecule has 0 radical (unpaired) electrons. The number of carbonyl (C=O) groups is 2. The van der Waals surface area contributed by atoms with Crippen LogP contribution >= 0.6 is 0 Å². The molecule has 8 heteroatoms. The summed E-state index contributed by atoms with van der Waals surface area (Å²) >= 11 is 0. The number of hydrogen-bond acceptors (Lipinski definition) is 5. The Morgan fingerprint density at radius 1 is 1.30 bits per heavy atom. The largest absolute Gasteiger partial charge is 0.462 e. The van der Waals surface area contributed by atoms with Gasteiger partial charge in [0.15, 0.2) is 0 Å². The van der Waals surface area contributed by atoms with Crippen LogP contribution in [0.5, 0.6) is 0 Å². The molecule has 0 aliphatic carbocycles. The van der Waals surface area contributed by atoms with E-state index in [1.807, 2.05) is 0 Å². The molecule has 2 aliphatic rings. The molecule has 2 unspecified atom stereocenters. The van der Waals surface area contributed by atoms with Crippen LogP contribution in [0.3, 0.4) is 0 Å². The van der Waals surface area contributed by atoms with Crippen molar-refractivity contribution in [3.63, 3.8) is 0 Å². The number of carbonyl (C=O) groups excluding carboxylic acids is 2. The van der Waals surface area contributed by atoms with Crippen LogP contribution in [0, 0.1) is 5.92 Å². The lowest BCUT2D eigenvalue weighted by molar-refractivity contribution is -0.151. The highest BCUT2D eigenvalue weighted by molar-refractivity contribution is 6.07. The fourth-order valence-corrected chi connectivity index (χ4v) is 3.47. The van der Waals surface area contributed by atoms with Crippen LogP contribution < -0.4 is 0 Å². The summed E-state index contributed by atoms with van der Waals surface area (Å²) in [6.45, 7) is 4.70. The first-order chi connectivity index (χ1) is 12.6. The van der Waals surface area contributed by atoms with Crippen molar-refractivity contribution in [1.29, 1.82) is 0 Å². The molecule has 0 N–H and O–H groups in total. The van der Waals surface area contributed by atoms with Gasteiger partial charge in [-0.15, -0.1) is 0 Å². The Balaban J connectivity index is 2.20. The van der Waals surface area contributed by atoms with E-state index < -0.39 is 41.6 Å². The van der Waals surface area contributed by atoms with Crippen LogP contribution in [0.15, 0.2) is 40.5 Å². The summed E-state index contributed by atoms with van der Waals surface area (Å²) in [7, 11) is 0. The Morgan fingerprint density at radius 2 is 1.96 bits per heavy atom. The number of aliphatic imine (C=N–C) groups is 1. The maximum absolute atomic E-state index is 13.6. The summed E-state index contributed by atoms with van der Waals surface area (Å²) in [6, 6.07) is 4.91. The highest BCUT2D eigenvalue weighted by atomic mass is 19.4. The van der Waals surface area contributed by atoms with Gasteiger partial charge in [0, 0.05) is 11.6 Å². The highest BCUT2D eigenvalue weighted by Crippen LogP contribution is 2.46. The van der Waals surface area contributed by atoms with Crippen LogP contribution in [0.2, 0.25) is 0 Å². The maximum Gasteiger partial charge on any atom is 0.416 e. The second-order valence-electron chi connectivity index (χ2n) is 6.72. The third kappa shape index (κ3) is 3.48. The summed E-state index contributed by atoms with van der Waals surface area (Å²) in [4.78, 5) is 29.2. The molecule has 1 aromatic carbocycles. The number of rotatable bonds is 3. The predicted molar refractivity (Wildman–Crippen MR) is 90.0 cm³/mol. The summed E-state index contributed by atoms with van der Waals surface area (Å²) in [5.74, 6) is -3.79.